The van der Waals surface area contributed by atoms with Crippen molar-refractivity contribution in [2.45, 2.75) is 64.3 Å². The van der Waals surface area contributed by atoms with E-state index in [9.17, 15) is 9.90 Å². The Balaban J connectivity index is 1.86. The van der Waals surface area contributed by atoms with Gasteiger partial charge in [0, 0.05) is 11.4 Å². The third-order valence-corrected chi connectivity index (χ3v) is 5.62. The molecule has 3 rings (SSSR count). The summed E-state index contributed by atoms with van der Waals surface area (Å²) in [5, 5.41) is 14.9. The zero-order valence-electron chi connectivity index (χ0n) is 17.4. The molecule has 2 atom stereocenters. The molecule has 0 fully saturated rings. The molecular weight excluding hydrogens is 402 g/mol. The Morgan fingerprint density at radius 2 is 1.90 bits per heavy atom. The average molecular weight is 430 g/mol. The maximum Gasteiger partial charge on any atom is 0.354 e. The van der Waals surface area contributed by atoms with Crippen LogP contribution in [0.3, 0.4) is 0 Å². The highest BCUT2D eigenvalue weighted by Gasteiger charge is 2.54. The first-order chi connectivity index (χ1) is 14.4. The number of ether oxygens (including phenoxy) is 1. The third kappa shape index (κ3) is 5.21. The summed E-state index contributed by atoms with van der Waals surface area (Å²) < 4.78 is 6.19. The second kappa shape index (κ2) is 10.1. The van der Waals surface area contributed by atoms with Gasteiger partial charge in [-0.1, -0.05) is 78.5 Å². The Morgan fingerprint density at radius 1 is 1.20 bits per heavy atom. The summed E-state index contributed by atoms with van der Waals surface area (Å²) in [4.78, 5) is 18.1. The molecule has 1 N–H and O–H groups in total. The number of nitrogens with zero attached hydrogens (tertiary/aromatic N) is 1. The van der Waals surface area contributed by atoms with Crippen LogP contribution in [0, 0.1) is 6.92 Å². The molecule has 0 amide bonds. The SMILES string of the molecule is CCCCCC1=NOC(C(=O)O)(C(OCc2ccc(C)cc2)c2ccc(Cl)cc2)C1. The Bertz CT molecular complexity index is 879. The molecule has 5 nitrogen and oxygen atoms in total. The fourth-order valence-electron chi connectivity index (χ4n) is 3.60. The molecule has 160 valence electrons. The largest absolute Gasteiger partial charge is 0.478 e. The van der Waals surface area contributed by atoms with E-state index in [-0.39, 0.29) is 13.0 Å². The van der Waals surface area contributed by atoms with Crippen LogP contribution in [0.4, 0.5) is 0 Å². The number of unbranched alkanes of at least 4 members (excludes halogenated alkanes) is 2. The molecule has 0 saturated carbocycles. The van der Waals surface area contributed by atoms with Crippen LogP contribution in [-0.4, -0.2) is 22.4 Å². The highest BCUT2D eigenvalue weighted by Crippen LogP contribution is 2.41. The second-order valence-electron chi connectivity index (χ2n) is 7.81. The summed E-state index contributed by atoms with van der Waals surface area (Å²) in [6.07, 6.45) is 3.22. The van der Waals surface area contributed by atoms with Gasteiger partial charge < -0.3 is 14.7 Å². The first-order valence-corrected chi connectivity index (χ1v) is 10.7. The Labute approximate surface area is 182 Å². The minimum Gasteiger partial charge on any atom is -0.478 e. The maximum absolute atomic E-state index is 12.4. The predicted molar refractivity (Wildman–Crippen MR) is 118 cm³/mol. The average Bonchev–Trinajstić information content (AvgIpc) is 3.16. The van der Waals surface area contributed by atoms with Gasteiger partial charge in [-0.3, -0.25) is 0 Å². The van der Waals surface area contributed by atoms with Crippen molar-refractivity contribution in [3.8, 4) is 0 Å². The van der Waals surface area contributed by atoms with Crippen LogP contribution in [0.2, 0.25) is 5.02 Å². The van der Waals surface area contributed by atoms with E-state index in [0.29, 0.717) is 10.6 Å². The zero-order chi connectivity index (χ0) is 21.6. The van der Waals surface area contributed by atoms with Crippen LogP contribution in [-0.2, 0) is 21.0 Å². The first-order valence-electron chi connectivity index (χ1n) is 10.3. The molecule has 1 heterocycles. The standard InChI is InChI=1S/C24H28ClNO4/c1-3-4-5-6-21-15-24(23(27)28,30-26-21)22(19-11-13-20(25)14-12-19)29-16-18-9-7-17(2)8-10-18/h7-14,22H,3-6,15-16H2,1-2H3,(H,27,28). The molecule has 2 aromatic carbocycles. The lowest BCUT2D eigenvalue weighted by atomic mass is 9.85. The van der Waals surface area contributed by atoms with Gasteiger partial charge in [0.2, 0.25) is 0 Å². The van der Waals surface area contributed by atoms with E-state index in [1.807, 2.05) is 31.2 Å². The van der Waals surface area contributed by atoms with E-state index in [1.54, 1.807) is 24.3 Å². The van der Waals surface area contributed by atoms with E-state index in [1.165, 1.54) is 0 Å². The minimum atomic E-state index is -1.60. The van der Waals surface area contributed by atoms with Gasteiger partial charge in [0.1, 0.15) is 6.10 Å². The van der Waals surface area contributed by atoms with Crippen LogP contribution >= 0.6 is 11.6 Å². The van der Waals surface area contributed by atoms with E-state index < -0.39 is 17.7 Å². The molecule has 0 saturated heterocycles. The number of carboxylic acids is 1. The molecule has 1 aliphatic rings. The van der Waals surface area contributed by atoms with Crippen LogP contribution in [0.25, 0.3) is 0 Å². The first kappa shape index (κ1) is 22.3. The lowest BCUT2D eigenvalue weighted by molar-refractivity contribution is -0.187. The zero-order valence-corrected chi connectivity index (χ0v) is 18.2. The molecule has 0 aliphatic carbocycles. The van der Waals surface area contributed by atoms with Gasteiger partial charge in [-0.2, -0.15) is 0 Å². The van der Waals surface area contributed by atoms with Crippen molar-refractivity contribution < 1.29 is 19.5 Å². The number of hydrogen-bond acceptors (Lipinski definition) is 4. The van der Waals surface area contributed by atoms with Gasteiger partial charge in [-0.05, 0) is 43.0 Å². The molecule has 2 unspecified atom stereocenters. The van der Waals surface area contributed by atoms with Crippen molar-refractivity contribution in [3.63, 3.8) is 0 Å². The number of halogens is 1. The summed E-state index contributed by atoms with van der Waals surface area (Å²) in [7, 11) is 0. The molecular formula is C24H28ClNO4. The lowest BCUT2D eigenvalue weighted by Gasteiger charge is -2.31. The van der Waals surface area contributed by atoms with E-state index >= 15 is 0 Å². The fourth-order valence-corrected chi connectivity index (χ4v) is 3.72. The van der Waals surface area contributed by atoms with Gasteiger partial charge >= 0.3 is 5.97 Å². The molecule has 0 spiro atoms. The summed E-state index contributed by atoms with van der Waals surface area (Å²) in [5.41, 5.74) is 1.98. The Kier molecular flexibility index (Phi) is 7.51. The van der Waals surface area contributed by atoms with Crippen molar-refractivity contribution in [1.82, 2.24) is 0 Å². The molecule has 2 aromatic rings. The molecule has 0 bridgehead atoms. The number of benzene rings is 2. The molecule has 30 heavy (non-hydrogen) atoms. The van der Waals surface area contributed by atoms with Crippen molar-refractivity contribution in [2.24, 2.45) is 5.16 Å². The monoisotopic (exact) mass is 429 g/mol. The summed E-state index contributed by atoms with van der Waals surface area (Å²) in [6.45, 7) is 4.41. The van der Waals surface area contributed by atoms with Crippen LogP contribution in [0.15, 0.2) is 53.7 Å². The van der Waals surface area contributed by atoms with Crippen LogP contribution in [0.5, 0.6) is 0 Å². The smallest absolute Gasteiger partial charge is 0.354 e. The van der Waals surface area contributed by atoms with Crippen molar-refractivity contribution in [3.05, 3.63) is 70.2 Å². The van der Waals surface area contributed by atoms with Gasteiger partial charge in [-0.25, -0.2) is 4.79 Å². The lowest BCUT2D eigenvalue weighted by Crippen LogP contribution is -2.46. The van der Waals surface area contributed by atoms with Crippen molar-refractivity contribution >= 4 is 23.3 Å². The predicted octanol–water partition coefficient (Wildman–Crippen LogP) is 6.09. The fraction of sp³-hybridized carbons (Fsp3) is 0.417. The van der Waals surface area contributed by atoms with E-state index in [4.69, 9.17) is 21.2 Å². The number of rotatable bonds is 10. The summed E-state index contributed by atoms with van der Waals surface area (Å²) >= 11 is 6.04. The van der Waals surface area contributed by atoms with Crippen molar-refractivity contribution in [2.75, 3.05) is 0 Å². The number of aliphatic carboxylic acids is 1. The van der Waals surface area contributed by atoms with E-state index in [0.717, 1.165) is 42.5 Å². The maximum atomic E-state index is 12.4. The minimum absolute atomic E-state index is 0.202. The molecule has 0 radical (unpaired) electrons. The number of carboxylic acid groups (broad SMARTS) is 1. The summed E-state index contributed by atoms with van der Waals surface area (Å²) in [5.74, 6) is -1.08. The van der Waals surface area contributed by atoms with Crippen LogP contribution < -0.4 is 0 Å². The number of oxime groups is 1. The van der Waals surface area contributed by atoms with E-state index in [2.05, 4.69) is 12.1 Å². The number of carbonyl (C=O) groups is 1. The quantitative estimate of drug-likeness (QED) is 0.464. The molecule has 1 aliphatic heterocycles. The van der Waals surface area contributed by atoms with Crippen molar-refractivity contribution in [1.29, 1.82) is 0 Å². The molecule has 6 heteroatoms. The van der Waals surface area contributed by atoms with Gasteiger partial charge in [0.05, 0.1) is 12.3 Å². The Hall–Kier alpha value is -2.37. The third-order valence-electron chi connectivity index (χ3n) is 5.37. The van der Waals surface area contributed by atoms with Gasteiger partial charge in [0.15, 0.2) is 0 Å². The van der Waals surface area contributed by atoms with Gasteiger partial charge in [0.25, 0.3) is 5.60 Å². The second-order valence-corrected chi connectivity index (χ2v) is 8.24. The van der Waals surface area contributed by atoms with Crippen LogP contribution in [0.1, 0.15) is 61.8 Å². The number of hydrogen-bond donors (Lipinski definition) is 1. The molecule has 0 aromatic heterocycles. The Morgan fingerprint density at radius 3 is 2.53 bits per heavy atom. The summed E-state index contributed by atoms with van der Waals surface area (Å²) in [6, 6.07) is 15.0. The van der Waals surface area contributed by atoms with Gasteiger partial charge in [-0.15, -0.1) is 0 Å². The normalized spacial score (nSPS) is 19.2. The highest BCUT2D eigenvalue weighted by molar-refractivity contribution is 6.30. The number of aryl methyl sites for hydroxylation is 1. The topological polar surface area (TPSA) is 68.1 Å². The highest BCUT2D eigenvalue weighted by atomic mass is 35.5.